The van der Waals surface area contributed by atoms with Crippen LogP contribution in [-0.2, 0) is 4.79 Å². The standard InChI is InChI=1S/C15H13N2O2S.Na/c18-15(16-19)9-10-17-11-5-1-3-7-13(11)20-14-8-4-2-6-12(14)17;/h1-8H,9-10H2,(H-,16,18,19);/q-1;+1. The summed E-state index contributed by atoms with van der Waals surface area (Å²) in [5.41, 5.74) is 3.59. The number of carbonyl (C=O) groups is 1. The summed E-state index contributed by atoms with van der Waals surface area (Å²) in [5, 5.41) is 10.4. The predicted molar refractivity (Wildman–Crippen MR) is 80.1 cm³/mol. The van der Waals surface area contributed by atoms with Crippen LogP contribution in [0.25, 0.3) is 0 Å². The second-order valence-corrected chi connectivity index (χ2v) is 5.55. The number of hydroxylamine groups is 1. The van der Waals surface area contributed by atoms with Gasteiger partial charge in [-0.25, -0.2) is 0 Å². The van der Waals surface area contributed by atoms with E-state index in [0.29, 0.717) is 6.54 Å². The molecule has 4 nitrogen and oxygen atoms in total. The molecule has 6 heteroatoms. The molecule has 0 saturated carbocycles. The fourth-order valence-corrected chi connectivity index (χ4v) is 3.38. The first-order valence-corrected chi connectivity index (χ1v) is 7.15. The first-order valence-electron chi connectivity index (χ1n) is 6.34. The zero-order valence-electron chi connectivity index (χ0n) is 11.7. The molecule has 1 amide bonds. The summed E-state index contributed by atoms with van der Waals surface area (Å²) in [6.07, 6.45) is 0.177. The quantitative estimate of drug-likeness (QED) is 0.654. The molecule has 2 aromatic rings. The normalized spacial score (nSPS) is 12.0. The van der Waals surface area contributed by atoms with Crippen LogP contribution in [0.5, 0.6) is 0 Å². The molecule has 1 heterocycles. The number of para-hydroxylation sites is 2. The number of amides is 1. The first kappa shape index (κ1) is 16.4. The molecule has 0 bridgehead atoms. The summed E-state index contributed by atoms with van der Waals surface area (Å²) in [4.78, 5) is 15.6. The SMILES string of the molecule is O=C(CCN1c2ccccc2Sc2ccccc21)N[O-].[Na+]. The molecule has 0 atom stereocenters. The number of hydrogen-bond acceptors (Lipinski definition) is 4. The molecule has 3 rings (SSSR count). The van der Waals surface area contributed by atoms with Crippen LogP contribution in [0, 0.1) is 5.21 Å². The van der Waals surface area contributed by atoms with Crippen molar-refractivity contribution >= 4 is 29.0 Å². The van der Waals surface area contributed by atoms with Gasteiger partial charge >= 0.3 is 29.6 Å². The molecule has 0 aliphatic carbocycles. The van der Waals surface area contributed by atoms with Crippen molar-refractivity contribution in [2.24, 2.45) is 0 Å². The van der Waals surface area contributed by atoms with E-state index in [1.807, 2.05) is 36.4 Å². The van der Waals surface area contributed by atoms with Crippen molar-refractivity contribution in [3.8, 4) is 0 Å². The molecular formula is C15H13N2NaO2S. The monoisotopic (exact) mass is 308 g/mol. The number of nitrogens with zero attached hydrogens (tertiary/aromatic N) is 1. The maximum Gasteiger partial charge on any atom is 1.00 e. The molecule has 0 radical (unpaired) electrons. The molecule has 0 aromatic heterocycles. The minimum absolute atomic E-state index is 0. The molecule has 2 aromatic carbocycles. The van der Waals surface area contributed by atoms with Crippen LogP contribution >= 0.6 is 11.8 Å². The van der Waals surface area contributed by atoms with Gasteiger partial charge in [0.2, 0.25) is 5.91 Å². The average Bonchev–Trinajstić information content (AvgIpc) is 2.51. The van der Waals surface area contributed by atoms with E-state index < -0.39 is 5.91 Å². The zero-order chi connectivity index (χ0) is 13.9. The number of fused-ring (bicyclic) bond motifs is 2. The number of hydrogen-bond donors (Lipinski definition) is 1. The Balaban J connectivity index is 0.00000161. The van der Waals surface area contributed by atoms with Gasteiger partial charge in [-0.1, -0.05) is 36.0 Å². The van der Waals surface area contributed by atoms with Gasteiger partial charge in [0.05, 0.1) is 11.4 Å². The summed E-state index contributed by atoms with van der Waals surface area (Å²) < 4.78 is 0. The summed E-state index contributed by atoms with van der Waals surface area (Å²) in [5.74, 6) is -0.488. The fraction of sp³-hybridized carbons (Fsp3) is 0.133. The van der Waals surface area contributed by atoms with Gasteiger partial charge in [0.15, 0.2) is 0 Å². The van der Waals surface area contributed by atoms with Crippen LogP contribution in [0.3, 0.4) is 0 Å². The predicted octanol–water partition coefficient (Wildman–Crippen LogP) is 0.297. The second kappa shape index (κ2) is 7.33. The van der Waals surface area contributed by atoms with E-state index in [1.165, 1.54) is 5.48 Å². The topological polar surface area (TPSA) is 55.4 Å². The van der Waals surface area contributed by atoms with Gasteiger partial charge in [-0.15, -0.1) is 0 Å². The van der Waals surface area contributed by atoms with E-state index >= 15 is 0 Å². The average molecular weight is 308 g/mol. The largest absolute Gasteiger partial charge is 1.00 e. The van der Waals surface area contributed by atoms with Gasteiger partial charge in [-0.3, -0.25) is 4.79 Å². The van der Waals surface area contributed by atoms with Gasteiger partial charge in [-0.05, 0) is 24.3 Å². The Hall–Kier alpha value is -0.980. The first-order chi connectivity index (χ1) is 9.79. The Bertz CT molecular complexity index is 606. The van der Waals surface area contributed by atoms with Crippen molar-refractivity contribution in [1.29, 1.82) is 0 Å². The van der Waals surface area contributed by atoms with E-state index in [0.717, 1.165) is 21.2 Å². The van der Waals surface area contributed by atoms with Crippen molar-refractivity contribution in [3.63, 3.8) is 0 Å². The zero-order valence-corrected chi connectivity index (χ0v) is 14.5. The van der Waals surface area contributed by atoms with Gasteiger partial charge in [0.25, 0.3) is 0 Å². The van der Waals surface area contributed by atoms with Crippen molar-refractivity contribution in [2.45, 2.75) is 16.2 Å². The van der Waals surface area contributed by atoms with Gasteiger partial charge in [0, 0.05) is 22.8 Å². The van der Waals surface area contributed by atoms with Crippen LogP contribution in [0.4, 0.5) is 11.4 Å². The maximum atomic E-state index is 11.2. The summed E-state index contributed by atoms with van der Waals surface area (Å²) in [6, 6.07) is 16.2. The summed E-state index contributed by atoms with van der Waals surface area (Å²) in [7, 11) is 0. The summed E-state index contributed by atoms with van der Waals surface area (Å²) >= 11 is 1.72. The van der Waals surface area contributed by atoms with Crippen LogP contribution < -0.4 is 39.9 Å². The number of rotatable bonds is 3. The Morgan fingerprint density at radius 3 is 2.10 bits per heavy atom. The third kappa shape index (κ3) is 3.44. The minimum atomic E-state index is -0.488. The Kier molecular flexibility index (Phi) is 5.72. The maximum absolute atomic E-state index is 11.2. The fourth-order valence-electron chi connectivity index (χ4n) is 2.29. The minimum Gasteiger partial charge on any atom is -0.759 e. The van der Waals surface area contributed by atoms with E-state index in [1.54, 1.807) is 11.8 Å². The van der Waals surface area contributed by atoms with Crippen LogP contribution in [0.2, 0.25) is 0 Å². The van der Waals surface area contributed by atoms with Crippen LogP contribution in [0.1, 0.15) is 6.42 Å². The number of nitrogens with one attached hydrogen (secondary N) is 1. The molecule has 0 saturated heterocycles. The van der Waals surface area contributed by atoms with E-state index in [2.05, 4.69) is 17.0 Å². The summed E-state index contributed by atoms with van der Waals surface area (Å²) in [6.45, 7) is 0.489. The number of anilines is 2. The van der Waals surface area contributed by atoms with Crippen LogP contribution in [0.15, 0.2) is 58.3 Å². The smallest absolute Gasteiger partial charge is 0.759 e. The molecule has 102 valence electrons. The van der Waals surface area contributed by atoms with E-state index in [4.69, 9.17) is 0 Å². The van der Waals surface area contributed by atoms with Crippen molar-refractivity contribution in [2.75, 3.05) is 11.4 Å². The second-order valence-electron chi connectivity index (χ2n) is 4.46. The molecule has 0 fully saturated rings. The molecular weight excluding hydrogens is 295 g/mol. The third-order valence-corrected chi connectivity index (χ3v) is 4.34. The van der Waals surface area contributed by atoms with Gasteiger partial charge in [0.1, 0.15) is 0 Å². The number of carbonyl (C=O) groups excluding carboxylic acids is 1. The van der Waals surface area contributed by atoms with Gasteiger partial charge in [-0.2, -0.15) is 0 Å². The molecule has 21 heavy (non-hydrogen) atoms. The van der Waals surface area contributed by atoms with Crippen molar-refractivity contribution in [1.82, 2.24) is 5.48 Å². The Morgan fingerprint density at radius 1 is 1.05 bits per heavy atom. The number of benzene rings is 2. The van der Waals surface area contributed by atoms with E-state index in [9.17, 15) is 10.0 Å². The molecule has 1 aliphatic rings. The van der Waals surface area contributed by atoms with Crippen molar-refractivity contribution in [3.05, 3.63) is 53.7 Å². The molecule has 1 aliphatic heterocycles. The van der Waals surface area contributed by atoms with E-state index in [-0.39, 0.29) is 36.0 Å². The third-order valence-electron chi connectivity index (χ3n) is 3.21. The Labute approximate surface area is 149 Å². The Morgan fingerprint density at radius 2 is 1.57 bits per heavy atom. The molecule has 1 N–H and O–H groups in total. The van der Waals surface area contributed by atoms with Crippen molar-refractivity contribution < 1.29 is 34.4 Å². The van der Waals surface area contributed by atoms with Gasteiger partial charge < -0.3 is 15.6 Å². The molecule has 0 unspecified atom stereocenters. The van der Waals surface area contributed by atoms with Crippen LogP contribution in [-0.4, -0.2) is 12.5 Å². The molecule has 0 spiro atoms.